The molecule has 0 amide bonds. The summed E-state index contributed by atoms with van der Waals surface area (Å²) in [5.74, 6) is 0. The first-order valence-corrected chi connectivity index (χ1v) is 4.80. The average Bonchev–Trinajstić information content (AvgIpc) is 2.42. The lowest BCUT2D eigenvalue weighted by Gasteiger charge is -2.03. The lowest BCUT2D eigenvalue weighted by Crippen LogP contribution is -1.91. The quantitative estimate of drug-likeness (QED) is 0.769. The molecule has 0 aliphatic heterocycles. The van der Waals surface area contributed by atoms with Crippen LogP contribution in [0.1, 0.15) is 17.7 Å². The molecule has 0 bridgehead atoms. The highest BCUT2D eigenvalue weighted by atomic mass is 79.9. The van der Waals surface area contributed by atoms with Gasteiger partial charge in [0.25, 0.3) is 6.43 Å². The first-order valence-electron chi connectivity index (χ1n) is 4.01. The second-order valence-electron chi connectivity index (χ2n) is 3.03. The van der Waals surface area contributed by atoms with Gasteiger partial charge in [-0.15, -0.1) is 0 Å². The van der Waals surface area contributed by atoms with Crippen molar-refractivity contribution in [2.24, 2.45) is 0 Å². The van der Waals surface area contributed by atoms with Crippen LogP contribution in [-0.2, 0) is 0 Å². The number of aromatic nitrogens is 2. The van der Waals surface area contributed by atoms with Crippen LogP contribution in [0.4, 0.5) is 8.78 Å². The second kappa shape index (κ2) is 3.31. The Morgan fingerprint density at radius 2 is 2.14 bits per heavy atom. The van der Waals surface area contributed by atoms with Gasteiger partial charge in [0.1, 0.15) is 5.65 Å². The predicted molar refractivity (Wildman–Crippen MR) is 52.6 cm³/mol. The van der Waals surface area contributed by atoms with E-state index in [1.54, 1.807) is 16.8 Å². The third-order valence-electron chi connectivity index (χ3n) is 1.93. The Kier molecular flexibility index (Phi) is 2.26. The molecule has 0 saturated heterocycles. The van der Waals surface area contributed by atoms with E-state index >= 15 is 0 Å². The van der Waals surface area contributed by atoms with Gasteiger partial charge in [0.2, 0.25) is 0 Å². The molecular formula is C9H7BrF2N2. The number of halogens is 3. The van der Waals surface area contributed by atoms with Crippen LogP contribution < -0.4 is 0 Å². The molecule has 0 aromatic carbocycles. The highest BCUT2D eigenvalue weighted by molar-refractivity contribution is 9.10. The first kappa shape index (κ1) is 9.58. The number of hydrogen-bond acceptors (Lipinski definition) is 1. The van der Waals surface area contributed by atoms with Gasteiger partial charge in [-0.2, -0.15) is 0 Å². The summed E-state index contributed by atoms with van der Waals surface area (Å²) in [5.41, 5.74) is 1.33. The molecule has 0 fully saturated rings. The van der Waals surface area contributed by atoms with E-state index in [4.69, 9.17) is 0 Å². The van der Waals surface area contributed by atoms with Crippen LogP contribution in [0.15, 0.2) is 22.9 Å². The van der Waals surface area contributed by atoms with Crippen molar-refractivity contribution in [3.63, 3.8) is 0 Å². The van der Waals surface area contributed by atoms with Crippen LogP contribution in [0, 0.1) is 6.92 Å². The van der Waals surface area contributed by atoms with Gasteiger partial charge in [0, 0.05) is 22.4 Å². The predicted octanol–water partition coefficient (Wildman–Crippen LogP) is 3.34. The molecule has 14 heavy (non-hydrogen) atoms. The van der Waals surface area contributed by atoms with E-state index < -0.39 is 6.43 Å². The minimum Gasteiger partial charge on any atom is -0.306 e. The topological polar surface area (TPSA) is 17.3 Å². The number of imidazole rings is 1. The molecule has 0 atom stereocenters. The molecule has 2 nitrogen and oxygen atoms in total. The number of rotatable bonds is 1. The fraction of sp³-hybridized carbons (Fsp3) is 0.222. The summed E-state index contributed by atoms with van der Waals surface area (Å²) in [6.07, 6.45) is 0.901. The molecule has 2 aromatic rings. The zero-order valence-electron chi connectivity index (χ0n) is 7.34. The SMILES string of the molecule is Cc1cn2cc(Br)c(C(F)F)cc2n1. The summed E-state index contributed by atoms with van der Waals surface area (Å²) in [5, 5.41) is 0. The van der Waals surface area contributed by atoms with Crippen molar-refractivity contribution in [1.29, 1.82) is 0 Å². The molecule has 0 aliphatic rings. The van der Waals surface area contributed by atoms with Crippen LogP contribution in [0.5, 0.6) is 0 Å². The van der Waals surface area contributed by atoms with Crippen molar-refractivity contribution >= 4 is 21.6 Å². The number of nitrogens with zero attached hydrogens (tertiary/aromatic N) is 2. The van der Waals surface area contributed by atoms with Crippen LogP contribution in [0.25, 0.3) is 5.65 Å². The summed E-state index contributed by atoms with van der Waals surface area (Å²) in [6.45, 7) is 1.82. The van der Waals surface area contributed by atoms with Gasteiger partial charge in [-0.25, -0.2) is 13.8 Å². The molecule has 2 aromatic heterocycles. The summed E-state index contributed by atoms with van der Waals surface area (Å²) >= 11 is 3.10. The van der Waals surface area contributed by atoms with Gasteiger partial charge >= 0.3 is 0 Å². The zero-order chi connectivity index (χ0) is 10.3. The molecule has 74 valence electrons. The normalized spacial score (nSPS) is 11.5. The Labute approximate surface area is 87.7 Å². The average molecular weight is 261 g/mol. The molecule has 0 unspecified atom stereocenters. The van der Waals surface area contributed by atoms with E-state index in [1.807, 2.05) is 6.92 Å². The Morgan fingerprint density at radius 1 is 1.43 bits per heavy atom. The molecule has 0 N–H and O–H groups in total. The highest BCUT2D eigenvalue weighted by Crippen LogP contribution is 2.28. The summed E-state index contributed by atoms with van der Waals surface area (Å²) in [7, 11) is 0. The van der Waals surface area contributed by atoms with Gasteiger partial charge in [0.05, 0.1) is 5.69 Å². The van der Waals surface area contributed by atoms with E-state index in [9.17, 15) is 8.78 Å². The van der Waals surface area contributed by atoms with Crippen molar-refractivity contribution in [2.75, 3.05) is 0 Å². The number of alkyl halides is 2. The van der Waals surface area contributed by atoms with Gasteiger partial charge < -0.3 is 4.40 Å². The highest BCUT2D eigenvalue weighted by Gasteiger charge is 2.13. The van der Waals surface area contributed by atoms with Crippen LogP contribution >= 0.6 is 15.9 Å². The lowest BCUT2D eigenvalue weighted by molar-refractivity contribution is 0.150. The summed E-state index contributed by atoms with van der Waals surface area (Å²) in [4.78, 5) is 4.11. The molecule has 0 saturated carbocycles. The maximum absolute atomic E-state index is 12.5. The van der Waals surface area contributed by atoms with Crippen molar-refractivity contribution in [2.45, 2.75) is 13.3 Å². The van der Waals surface area contributed by atoms with Crippen LogP contribution in [0.2, 0.25) is 0 Å². The molecule has 0 spiro atoms. The van der Waals surface area contributed by atoms with E-state index in [0.29, 0.717) is 10.1 Å². The van der Waals surface area contributed by atoms with E-state index in [0.717, 1.165) is 5.69 Å². The Bertz CT molecular complexity index is 479. The summed E-state index contributed by atoms with van der Waals surface area (Å²) in [6, 6.07) is 1.39. The Morgan fingerprint density at radius 3 is 2.79 bits per heavy atom. The van der Waals surface area contributed by atoms with Crippen molar-refractivity contribution in [3.8, 4) is 0 Å². The zero-order valence-corrected chi connectivity index (χ0v) is 8.92. The van der Waals surface area contributed by atoms with E-state index in [-0.39, 0.29) is 5.56 Å². The lowest BCUT2D eigenvalue weighted by atomic mass is 10.3. The van der Waals surface area contributed by atoms with Crippen LogP contribution in [0.3, 0.4) is 0 Å². The standard InChI is InChI=1S/C9H7BrF2N2/c1-5-3-14-4-7(10)6(9(11)12)2-8(14)13-5/h2-4,9H,1H3. The van der Waals surface area contributed by atoms with Crippen molar-refractivity contribution < 1.29 is 8.78 Å². The maximum Gasteiger partial charge on any atom is 0.265 e. The number of fused-ring (bicyclic) bond motifs is 1. The molecule has 5 heteroatoms. The monoisotopic (exact) mass is 260 g/mol. The fourth-order valence-electron chi connectivity index (χ4n) is 1.32. The summed E-state index contributed by atoms with van der Waals surface area (Å²) < 4.78 is 27.1. The number of hydrogen-bond donors (Lipinski definition) is 0. The first-order chi connectivity index (χ1) is 6.58. The van der Waals surface area contributed by atoms with Gasteiger partial charge in [-0.3, -0.25) is 0 Å². The van der Waals surface area contributed by atoms with Crippen molar-refractivity contribution in [1.82, 2.24) is 9.38 Å². The third-order valence-corrected chi connectivity index (χ3v) is 2.59. The van der Waals surface area contributed by atoms with Crippen molar-refractivity contribution in [3.05, 3.63) is 34.2 Å². The minimum atomic E-state index is -2.48. The number of aryl methyl sites for hydroxylation is 1. The fourth-order valence-corrected chi connectivity index (χ4v) is 1.82. The smallest absolute Gasteiger partial charge is 0.265 e. The minimum absolute atomic E-state index is 0.0249. The molecular weight excluding hydrogens is 254 g/mol. The largest absolute Gasteiger partial charge is 0.306 e. The third kappa shape index (κ3) is 1.52. The van der Waals surface area contributed by atoms with Gasteiger partial charge in [0.15, 0.2) is 0 Å². The molecule has 0 radical (unpaired) electrons. The number of pyridine rings is 1. The Hall–Kier alpha value is -0.970. The molecule has 2 rings (SSSR count). The van der Waals surface area contributed by atoms with Crippen LogP contribution in [-0.4, -0.2) is 9.38 Å². The molecule has 2 heterocycles. The maximum atomic E-state index is 12.5. The van der Waals surface area contributed by atoms with Gasteiger partial charge in [-0.05, 0) is 28.9 Å². The molecule has 0 aliphatic carbocycles. The van der Waals surface area contributed by atoms with E-state index in [2.05, 4.69) is 20.9 Å². The second-order valence-corrected chi connectivity index (χ2v) is 3.88. The van der Waals surface area contributed by atoms with Gasteiger partial charge in [-0.1, -0.05) is 0 Å². The van der Waals surface area contributed by atoms with E-state index in [1.165, 1.54) is 6.07 Å². The Balaban J connectivity index is 2.70.